The Kier molecular flexibility index (Phi) is 6.92. The number of nitrogens with zero attached hydrogens (tertiary/aromatic N) is 2. The lowest BCUT2D eigenvalue weighted by Crippen LogP contribution is -2.27. The van der Waals surface area contributed by atoms with Crippen LogP contribution in [0.5, 0.6) is 0 Å². The van der Waals surface area contributed by atoms with Gasteiger partial charge in [0, 0.05) is 26.8 Å². The highest BCUT2D eigenvalue weighted by molar-refractivity contribution is 7.99. The maximum absolute atomic E-state index is 11.9. The van der Waals surface area contributed by atoms with E-state index in [0.717, 1.165) is 29.2 Å². The van der Waals surface area contributed by atoms with Gasteiger partial charge in [-0.2, -0.15) is 0 Å². The van der Waals surface area contributed by atoms with Crippen molar-refractivity contribution >= 4 is 28.7 Å². The first-order valence-corrected chi connectivity index (χ1v) is 8.94. The van der Waals surface area contributed by atoms with Crippen molar-refractivity contribution in [2.24, 2.45) is 5.92 Å². The number of carbonyl (C=O) groups excluding carboxylic acids is 1. The number of nitrogens with one attached hydrogen (secondary N) is 1. The number of hydrogen-bond acceptors (Lipinski definition) is 4. The van der Waals surface area contributed by atoms with Gasteiger partial charge in [-0.15, -0.1) is 0 Å². The first-order chi connectivity index (χ1) is 11.1. The molecule has 0 saturated heterocycles. The highest BCUT2D eigenvalue weighted by atomic mass is 32.2. The second-order valence-corrected chi connectivity index (χ2v) is 6.82. The number of hydrogen-bond donors (Lipinski definition) is 1. The smallest absolute Gasteiger partial charge is 0.230 e. The number of imidazole rings is 1. The van der Waals surface area contributed by atoms with Gasteiger partial charge in [-0.1, -0.05) is 37.7 Å². The molecule has 126 valence electrons. The first kappa shape index (κ1) is 17.8. The van der Waals surface area contributed by atoms with E-state index in [1.807, 2.05) is 18.2 Å². The molecule has 0 aliphatic carbocycles. The summed E-state index contributed by atoms with van der Waals surface area (Å²) >= 11 is 1.50. The Bertz CT molecular complexity index is 640. The van der Waals surface area contributed by atoms with Crippen molar-refractivity contribution in [3.8, 4) is 0 Å². The molecule has 0 radical (unpaired) electrons. The van der Waals surface area contributed by atoms with Gasteiger partial charge in [0.1, 0.15) is 0 Å². The second-order valence-electron chi connectivity index (χ2n) is 5.87. The average Bonchev–Trinajstić information content (AvgIpc) is 2.87. The SMILES string of the molecule is COCCCNC(=O)CSc1nc2ccccc2n1CC(C)C. The summed E-state index contributed by atoms with van der Waals surface area (Å²) in [6.45, 7) is 6.59. The average molecular weight is 335 g/mol. The molecule has 0 unspecified atom stereocenters. The van der Waals surface area contributed by atoms with E-state index in [0.29, 0.717) is 24.8 Å². The fourth-order valence-electron chi connectivity index (χ4n) is 2.33. The normalized spacial score (nSPS) is 11.3. The molecule has 0 bridgehead atoms. The number of aromatic nitrogens is 2. The molecule has 5 nitrogen and oxygen atoms in total. The van der Waals surface area contributed by atoms with Gasteiger partial charge in [0.25, 0.3) is 0 Å². The van der Waals surface area contributed by atoms with E-state index in [4.69, 9.17) is 4.74 Å². The molecule has 0 fully saturated rings. The molecule has 1 heterocycles. The zero-order valence-corrected chi connectivity index (χ0v) is 14.9. The number of para-hydroxylation sites is 2. The quantitative estimate of drug-likeness (QED) is 0.565. The molecular formula is C17H25N3O2S. The number of carbonyl (C=O) groups is 1. The molecule has 0 aliphatic heterocycles. The number of thioether (sulfide) groups is 1. The Morgan fingerprint density at radius 3 is 2.91 bits per heavy atom. The zero-order chi connectivity index (χ0) is 16.7. The molecule has 0 aliphatic rings. The summed E-state index contributed by atoms with van der Waals surface area (Å²) in [5.41, 5.74) is 2.11. The Morgan fingerprint density at radius 2 is 2.17 bits per heavy atom. The fourth-order valence-corrected chi connectivity index (χ4v) is 3.18. The van der Waals surface area contributed by atoms with Crippen LogP contribution in [0.15, 0.2) is 29.4 Å². The van der Waals surface area contributed by atoms with Gasteiger partial charge in [-0.05, 0) is 24.5 Å². The van der Waals surface area contributed by atoms with Gasteiger partial charge >= 0.3 is 0 Å². The van der Waals surface area contributed by atoms with Crippen LogP contribution in [0.4, 0.5) is 0 Å². The number of methoxy groups -OCH3 is 1. The van der Waals surface area contributed by atoms with Crippen molar-refractivity contribution in [3.63, 3.8) is 0 Å². The number of amides is 1. The van der Waals surface area contributed by atoms with Crippen LogP contribution in [-0.4, -0.2) is 41.5 Å². The molecule has 2 rings (SSSR count). The maximum atomic E-state index is 11.9. The van der Waals surface area contributed by atoms with Crippen molar-refractivity contribution in [2.75, 3.05) is 26.0 Å². The summed E-state index contributed by atoms with van der Waals surface area (Å²) < 4.78 is 7.18. The van der Waals surface area contributed by atoms with Crippen LogP contribution in [0.2, 0.25) is 0 Å². The highest BCUT2D eigenvalue weighted by Crippen LogP contribution is 2.25. The molecule has 2 aromatic rings. The van der Waals surface area contributed by atoms with E-state index in [2.05, 4.69) is 34.8 Å². The first-order valence-electron chi connectivity index (χ1n) is 7.95. The molecule has 0 spiro atoms. The Labute approximate surface area is 141 Å². The van der Waals surface area contributed by atoms with Gasteiger partial charge < -0.3 is 14.6 Å². The largest absolute Gasteiger partial charge is 0.385 e. The minimum absolute atomic E-state index is 0.0363. The van der Waals surface area contributed by atoms with Crippen LogP contribution in [-0.2, 0) is 16.1 Å². The van der Waals surface area contributed by atoms with Crippen molar-refractivity contribution in [1.29, 1.82) is 0 Å². The lowest BCUT2D eigenvalue weighted by molar-refractivity contribution is -0.118. The third-order valence-electron chi connectivity index (χ3n) is 3.35. The number of ether oxygens (including phenoxy) is 1. The van der Waals surface area contributed by atoms with Gasteiger partial charge in [0.2, 0.25) is 5.91 Å². The van der Waals surface area contributed by atoms with Gasteiger partial charge in [0.15, 0.2) is 5.16 Å². The minimum Gasteiger partial charge on any atom is -0.385 e. The second kappa shape index (κ2) is 8.93. The molecular weight excluding hydrogens is 310 g/mol. The Hall–Kier alpha value is -1.53. The molecule has 23 heavy (non-hydrogen) atoms. The summed E-state index contributed by atoms with van der Waals surface area (Å²) in [6, 6.07) is 8.12. The summed E-state index contributed by atoms with van der Waals surface area (Å²) in [7, 11) is 1.66. The van der Waals surface area contributed by atoms with Gasteiger partial charge in [0.05, 0.1) is 16.8 Å². The lowest BCUT2D eigenvalue weighted by atomic mass is 10.2. The molecule has 0 atom stereocenters. The van der Waals surface area contributed by atoms with Crippen molar-refractivity contribution in [3.05, 3.63) is 24.3 Å². The van der Waals surface area contributed by atoms with E-state index < -0.39 is 0 Å². The zero-order valence-electron chi connectivity index (χ0n) is 14.0. The van der Waals surface area contributed by atoms with E-state index >= 15 is 0 Å². The van der Waals surface area contributed by atoms with Crippen LogP contribution in [0.1, 0.15) is 20.3 Å². The topological polar surface area (TPSA) is 56.1 Å². The third kappa shape index (κ3) is 5.25. The number of rotatable bonds is 9. The maximum Gasteiger partial charge on any atom is 0.230 e. The Balaban J connectivity index is 2.00. The van der Waals surface area contributed by atoms with Crippen LogP contribution < -0.4 is 5.32 Å². The van der Waals surface area contributed by atoms with Crippen molar-refractivity contribution in [1.82, 2.24) is 14.9 Å². The molecule has 1 aromatic carbocycles. The molecule has 0 saturated carbocycles. The van der Waals surface area contributed by atoms with E-state index in [9.17, 15) is 4.79 Å². The standard InChI is InChI=1S/C17H25N3O2S/c1-13(2)11-20-15-8-5-4-7-14(15)19-17(20)23-12-16(21)18-9-6-10-22-3/h4-5,7-8,13H,6,9-12H2,1-3H3,(H,18,21). The summed E-state index contributed by atoms with van der Waals surface area (Å²) in [5, 5.41) is 3.81. The van der Waals surface area contributed by atoms with Crippen LogP contribution in [0, 0.1) is 5.92 Å². The van der Waals surface area contributed by atoms with Gasteiger partial charge in [-0.25, -0.2) is 4.98 Å². The third-order valence-corrected chi connectivity index (χ3v) is 4.32. The summed E-state index contributed by atoms with van der Waals surface area (Å²) in [4.78, 5) is 16.6. The molecule has 1 aromatic heterocycles. The number of fused-ring (bicyclic) bond motifs is 1. The molecule has 6 heteroatoms. The Morgan fingerprint density at radius 1 is 1.39 bits per heavy atom. The monoisotopic (exact) mass is 335 g/mol. The summed E-state index contributed by atoms with van der Waals surface area (Å²) in [5.74, 6) is 0.943. The van der Waals surface area contributed by atoms with Crippen LogP contribution in [0.25, 0.3) is 11.0 Å². The fraction of sp³-hybridized carbons (Fsp3) is 0.529. The van der Waals surface area contributed by atoms with Crippen LogP contribution in [0.3, 0.4) is 0 Å². The van der Waals surface area contributed by atoms with Crippen molar-refractivity contribution in [2.45, 2.75) is 32.0 Å². The summed E-state index contributed by atoms with van der Waals surface area (Å²) in [6.07, 6.45) is 0.832. The van der Waals surface area contributed by atoms with Gasteiger partial charge in [-0.3, -0.25) is 4.79 Å². The molecule has 1 N–H and O–H groups in total. The molecule has 1 amide bonds. The lowest BCUT2D eigenvalue weighted by Gasteiger charge is -2.11. The number of benzene rings is 1. The van der Waals surface area contributed by atoms with E-state index in [1.54, 1.807) is 7.11 Å². The van der Waals surface area contributed by atoms with Crippen molar-refractivity contribution < 1.29 is 9.53 Å². The predicted molar refractivity (Wildman–Crippen MR) is 94.8 cm³/mol. The van der Waals surface area contributed by atoms with Crippen LogP contribution >= 0.6 is 11.8 Å². The predicted octanol–water partition coefficient (Wildman–Crippen LogP) is 2.94. The minimum atomic E-state index is 0.0363. The van der Waals surface area contributed by atoms with E-state index in [-0.39, 0.29) is 5.91 Å². The van der Waals surface area contributed by atoms with E-state index in [1.165, 1.54) is 11.8 Å². The highest BCUT2D eigenvalue weighted by Gasteiger charge is 2.13.